The van der Waals surface area contributed by atoms with Crippen LogP contribution in [-0.4, -0.2) is 60.6 Å². The second kappa shape index (κ2) is 11.7. The molecule has 0 aliphatic carbocycles. The topological polar surface area (TPSA) is 6.48 Å². The fourth-order valence-corrected chi connectivity index (χ4v) is 2.69. The third kappa shape index (κ3) is 8.43. The lowest BCUT2D eigenvalue weighted by atomic mass is 10.4. The van der Waals surface area contributed by atoms with Crippen LogP contribution in [0.3, 0.4) is 0 Å². The van der Waals surface area contributed by atoms with Crippen molar-refractivity contribution < 1.29 is 0 Å². The van der Waals surface area contributed by atoms with Crippen molar-refractivity contribution in [3.63, 3.8) is 0 Å². The summed E-state index contributed by atoms with van der Waals surface area (Å²) >= 11 is 2.11. The molecule has 0 aliphatic heterocycles. The van der Waals surface area contributed by atoms with Crippen LogP contribution >= 0.6 is 11.8 Å². The van der Waals surface area contributed by atoms with E-state index in [9.17, 15) is 0 Å². The third-order valence-corrected chi connectivity index (χ3v) is 4.15. The van der Waals surface area contributed by atoms with E-state index in [4.69, 9.17) is 0 Å². The first-order valence-corrected chi connectivity index (χ1v) is 7.96. The van der Waals surface area contributed by atoms with Gasteiger partial charge in [-0.1, -0.05) is 27.7 Å². The lowest BCUT2D eigenvalue weighted by Crippen LogP contribution is -2.26. The van der Waals surface area contributed by atoms with E-state index in [2.05, 4.69) is 49.3 Å². The highest BCUT2D eigenvalue weighted by atomic mass is 32.2. The third-order valence-electron chi connectivity index (χ3n) is 3.10. The zero-order chi connectivity index (χ0) is 12.2. The Kier molecular flexibility index (Phi) is 11.9. The first-order chi connectivity index (χ1) is 7.78. The second-order valence-electron chi connectivity index (χ2n) is 4.02. The summed E-state index contributed by atoms with van der Waals surface area (Å²) < 4.78 is 0. The molecule has 0 aromatic rings. The summed E-state index contributed by atoms with van der Waals surface area (Å²) in [6.07, 6.45) is 1.34. The molecule has 0 amide bonds. The Balaban J connectivity index is 3.26. The summed E-state index contributed by atoms with van der Waals surface area (Å²) in [5, 5.41) is 0. The predicted molar refractivity (Wildman–Crippen MR) is 77.5 cm³/mol. The molecule has 0 atom stereocenters. The van der Waals surface area contributed by atoms with Crippen LogP contribution < -0.4 is 0 Å². The Morgan fingerprint density at radius 2 is 1.19 bits per heavy atom. The monoisotopic (exact) mass is 246 g/mol. The van der Waals surface area contributed by atoms with Crippen molar-refractivity contribution in [1.29, 1.82) is 0 Å². The molecule has 0 rings (SSSR count). The van der Waals surface area contributed by atoms with Crippen LogP contribution in [0, 0.1) is 0 Å². The van der Waals surface area contributed by atoms with Crippen molar-refractivity contribution in [1.82, 2.24) is 9.80 Å². The molecular weight excluding hydrogens is 216 g/mol. The van der Waals surface area contributed by atoms with Crippen molar-refractivity contribution in [3.05, 3.63) is 0 Å². The molecule has 0 unspecified atom stereocenters. The van der Waals surface area contributed by atoms with Gasteiger partial charge in [0, 0.05) is 12.3 Å². The molecule has 98 valence electrons. The maximum absolute atomic E-state index is 2.50. The number of hydrogen-bond donors (Lipinski definition) is 0. The van der Waals surface area contributed by atoms with Gasteiger partial charge in [0.1, 0.15) is 0 Å². The van der Waals surface area contributed by atoms with Crippen LogP contribution in [0.5, 0.6) is 0 Å². The molecule has 0 fully saturated rings. The van der Waals surface area contributed by atoms with Crippen molar-refractivity contribution in [2.45, 2.75) is 34.1 Å². The van der Waals surface area contributed by atoms with Crippen molar-refractivity contribution >= 4 is 11.8 Å². The van der Waals surface area contributed by atoms with Gasteiger partial charge < -0.3 is 9.80 Å². The van der Waals surface area contributed by atoms with Gasteiger partial charge in [0.15, 0.2) is 0 Å². The number of rotatable bonds is 11. The van der Waals surface area contributed by atoms with Crippen LogP contribution in [0.15, 0.2) is 0 Å². The number of hydrogen-bond acceptors (Lipinski definition) is 3. The van der Waals surface area contributed by atoms with E-state index in [0.29, 0.717) is 0 Å². The molecule has 0 N–H and O–H groups in total. The fourth-order valence-electron chi connectivity index (χ4n) is 1.77. The van der Waals surface area contributed by atoms with Gasteiger partial charge in [-0.15, -0.1) is 0 Å². The Morgan fingerprint density at radius 3 is 1.69 bits per heavy atom. The van der Waals surface area contributed by atoms with Crippen molar-refractivity contribution in [2.24, 2.45) is 0 Å². The summed E-state index contributed by atoms with van der Waals surface area (Å²) in [6.45, 7) is 16.3. The summed E-state index contributed by atoms with van der Waals surface area (Å²) in [4.78, 5) is 5.00. The maximum Gasteiger partial charge on any atom is 0.00721 e. The van der Waals surface area contributed by atoms with Gasteiger partial charge in [0.05, 0.1) is 0 Å². The molecule has 2 nitrogen and oxygen atoms in total. The van der Waals surface area contributed by atoms with Crippen LogP contribution in [0.1, 0.15) is 34.1 Å². The van der Waals surface area contributed by atoms with E-state index in [0.717, 1.165) is 0 Å². The Hall–Kier alpha value is 0.270. The van der Waals surface area contributed by atoms with Gasteiger partial charge in [0.25, 0.3) is 0 Å². The van der Waals surface area contributed by atoms with E-state index in [1.807, 2.05) is 0 Å². The van der Waals surface area contributed by atoms with E-state index >= 15 is 0 Å². The highest BCUT2D eigenvalue weighted by Crippen LogP contribution is 2.04. The molecule has 0 bridgehead atoms. The molecular formula is C13H30N2S. The summed E-state index contributed by atoms with van der Waals surface area (Å²) in [5.74, 6) is 2.61. The molecule has 3 heteroatoms. The molecule has 0 aliphatic rings. The lowest BCUT2D eigenvalue weighted by molar-refractivity contribution is 0.305. The zero-order valence-electron chi connectivity index (χ0n) is 11.7. The van der Waals surface area contributed by atoms with Gasteiger partial charge in [-0.3, -0.25) is 0 Å². The smallest absolute Gasteiger partial charge is 0.00721 e. The molecule has 16 heavy (non-hydrogen) atoms. The average Bonchev–Trinajstić information content (AvgIpc) is 2.33. The van der Waals surface area contributed by atoms with Crippen LogP contribution in [0.25, 0.3) is 0 Å². The summed E-state index contributed by atoms with van der Waals surface area (Å²) in [7, 11) is 0. The quantitative estimate of drug-likeness (QED) is 0.518. The number of nitrogens with zero attached hydrogens (tertiary/aromatic N) is 2. The standard InChI is InChI=1S/C13H30N2S/c1-5-14(6-2)10-9-12-16-13-11-15(7-3)8-4/h5-13H2,1-4H3. The minimum atomic E-state index is 1.19. The van der Waals surface area contributed by atoms with E-state index in [-0.39, 0.29) is 0 Å². The van der Waals surface area contributed by atoms with Gasteiger partial charge >= 0.3 is 0 Å². The fraction of sp³-hybridized carbons (Fsp3) is 1.00. The van der Waals surface area contributed by atoms with Crippen LogP contribution in [-0.2, 0) is 0 Å². The molecule has 0 aromatic carbocycles. The normalized spacial score (nSPS) is 11.6. The Bertz CT molecular complexity index is 118. The first kappa shape index (κ1) is 16.3. The highest BCUT2D eigenvalue weighted by molar-refractivity contribution is 7.99. The molecule has 0 radical (unpaired) electrons. The zero-order valence-corrected chi connectivity index (χ0v) is 12.5. The van der Waals surface area contributed by atoms with Crippen LogP contribution in [0.4, 0.5) is 0 Å². The van der Waals surface area contributed by atoms with E-state index in [1.54, 1.807) is 0 Å². The first-order valence-electron chi connectivity index (χ1n) is 6.80. The lowest BCUT2D eigenvalue weighted by Gasteiger charge is -2.19. The van der Waals surface area contributed by atoms with Crippen LogP contribution in [0.2, 0.25) is 0 Å². The Labute approximate surface area is 107 Å². The second-order valence-corrected chi connectivity index (χ2v) is 5.24. The Morgan fingerprint density at radius 1 is 0.688 bits per heavy atom. The predicted octanol–water partition coefficient (Wildman–Crippen LogP) is 2.79. The van der Waals surface area contributed by atoms with E-state index < -0.39 is 0 Å². The average molecular weight is 246 g/mol. The number of thioether (sulfide) groups is 1. The van der Waals surface area contributed by atoms with Gasteiger partial charge in [-0.2, -0.15) is 11.8 Å². The van der Waals surface area contributed by atoms with Gasteiger partial charge in [-0.05, 0) is 44.9 Å². The van der Waals surface area contributed by atoms with E-state index in [1.165, 1.54) is 57.2 Å². The minimum Gasteiger partial charge on any atom is -0.304 e. The minimum absolute atomic E-state index is 1.19. The molecule has 0 aromatic heterocycles. The molecule has 0 spiro atoms. The van der Waals surface area contributed by atoms with Gasteiger partial charge in [-0.25, -0.2) is 0 Å². The SMILES string of the molecule is CCN(CC)CCCSCCN(CC)CC. The summed E-state index contributed by atoms with van der Waals surface area (Å²) in [5.41, 5.74) is 0. The maximum atomic E-state index is 2.50. The van der Waals surface area contributed by atoms with Crippen molar-refractivity contribution in [3.8, 4) is 0 Å². The van der Waals surface area contributed by atoms with Crippen molar-refractivity contribution in [2.75, 3.05) is 50.8 Å². The molecule has 0 saturated heterocycles. The summed E-state index contributed by atoms with van der Waals surface area (Å²) in [6, 6.07) is 0. The molecule has 0 heterocycles. The highest BCUT2D eigenvalue weighted by Gasteiger charge is 2.00. The molecule has 0 saturated carbocycles. The van der Waals surface area contributed by atoms with Gasteiger partial charge in [0.2, 0.25) is 0 Å². The largest absolute Gasteiger partial charge is 0.304 e.